The Bertz CT molecular complexity index is 936. The molecule has 5 nitrogen and oxygen atoms in total. The molecule has 158 valence electrons. The van der Waals surface area contributed by atoms with E-state index in [1.165, 1.54) is 0 Å². The summed E-state index contributed by atoms with van der Waals surface area (Å²) in [7, 11) is -2.03. The summed E-state index contributed by atoms with van der Waals surface area (Å²) in [6.07, 6.45) is 1.36. The van der Waals surface area contributed by atoms with E-state index in [0.717, 1.165) is 11.1 Å². The molecule has 29 heavy (non-hydrogen) atoms. The van der Waals surface area contributed by atoms with Crippen LogP contribution >= 0.6 is 11.6 Å². The molecule has 1 saturated heterocycles. The second kappa shape index (κ2) is 9.04. The van der Waals surface area contributed by atoms with Crippen molar-refractivity contribution in [2.24, 2.45) is 0 Å². The number of rotatable bonds is 7. The summed E-state index contributed by atoms with van der Waals surface area (Å²) in [6, 6.07) is 12.5. The summed E-state index contributed by atoms with van der Waals surface area (Å²) in [4.78, 5) is 0.266. The highest BCUT2D eigenvalue weighted by Gasteiger charge is 2.38. The van der Waals surface area contributed by atoms with Gasteiger partial charge >= 0.3 is 0 Å². The van der Waals surface area contributed by atoms with Gasteiger partial charge in [-0.3, -0.25) is 0 Å². The monoisotopic (exact) mass is 437 g/mol. The van der Waals surface area contributed by atoms with Crippen LogP contribution in [0.15, 0.2) is 47.4 Å². The van der Waals surface area contributed by atoms with Crippen LogP contribution in [0, 0.1) is 0 Å². The van der Waals surface area contributed by atoms with Crippen molar-refractivity contribution in [2.75, 3.05) is 26.9 Å². The van der Waals surface area contributed by atoms with Gasteiger partial charge in [0, 0.05) is 35.8 Å². The highest BCUT2D eigenvalue weighted by atomic mass is 35.5. The van der Waals surface area contributed by atoms with E-state index in [9.17, 15) is 8.42 Å². The maximum Gasteiger partial charge on any atom is 0.240 e. The smallest absolute Gasteiger partial charge is 0.240 e. The van der Waals surface area contributed by atoms with Gasteiger partial charge < -0.3 is 9.47 Å². The fraction of sp³-hybridized carbons (Fsp3) is 0.455. The lowest BCUT2D eigenvalue weighted by Gasteiger charge is -2.38. The summed E-state index contributed by atoms with van der Waals surface area (Å²) in [5.41, 5.74) is 1.57. The zero-order valence-electron chi connectivity index (χ0n) is 17.1. The molecular formula is C22H28ClNO4S. The minimum Gasteiger partial charge on any atom is -0.496 e. The third kappa shape index (κ3) is 4.94. The maximum absolute atomic E-state index is 13.0. The van der Waals surface area contributed by atoms with Gasteiger partial charge in [-0.1, -0.05) is 37.6 Å². The van der Waals surface area contributed by atoms with E-state index in [4.69, 9.17) is 21.1 Å². The molecule has 1 heterocycles. The van der Waals surface area contributed by atoms with Crippen molar-refractivity contribution in [3.63, 3.8) is 0 Å². The minimum atomic E-state index is -3.64. The molecule has 0 saturated carbocycles. The van der Waals surface area contributed by atoms with Gasteiger partial charge in [0.25, 0.3) is 0 Å². The molecule has 0 radical (unpaired) electrons. The van der Waals surface area contributed by atoms with Crippen molar-refractivity contribution in [3.05, 3.63) is 58.6 Å². The minimum absolute atomic E-state index is 0.251. The van der Waals surface area contributed by atoms with Crippen LogP contribution in [0.2, 0.25) is 5.02 Å². The van der Waals surface area contributed by atoms with E-state index in [-0.39, 0.29) is 11.4 Å². The van der Waals surface area contributed by atoms with E-state index in [1.54, 1.807) is 25.3 Å². The Kier molecular flexibility index (Phi) is 6.89. The highest BCUT2D eigenvalue weighted by Crippen LogP contribution is 2.41. The summed E-state index contributed by atoms with van der Waals surface area (Å²) < 4.78 is 39.8. The number of halogens is 1. The Morgan fingerprint density at radius 2 is 1.79 bits per heavy atom. The van der Waals surface area contributed by atoms with Crippen molar-refractivity contribution in [3.8, 4) is 5.75 Å². The van der Waals surface area contributed by atoms with Crippen LogP contribution in [0.25, 0.3) is 0 Å². The molecule has 1 fully saturated rings. The lowest BCUT2D eigenvalue weighted by Crippen LogP contribution is -2.44. The third-order valence-electron chi connectivity index (χ3n) is 5.64. The average Bonchev–Trinajstić information content (AvgIpc) is 2.73. The van der Waals surface area contributed by atoms with Crippen molar-refractivity contribution in [1.29, 1.82) is 0 Å². The molecule has 0 atom stereocenters. The van der Waals surface area contributed by atoms with Crippen LogP contribution in [0.5, 0.6) is 5.75 Å². The number of methoxy groups -OCH3 is 1. The van der Waals surface area contributed by atoms with Crippen molar-refractivity contribution in [1.82, 2.24) is 4.72 Å². The number of hydrogen-bond acceptors (Lipinski definition) is 4. The molecule has 2 aromatic rings. The van der Waals surface area contributed by atoms with Crippen molar-refractivity contribution in [2.45, 2.75) is 42.9 Å². The molecular weight excluding hydrogens is 410 g/mol. The number of benzene rings is 2. The van der Waals surface area contributed by atoms with Crippen LogP contribution in [0.3, 0.4) is 0 Å². The summed E-state index contributed by atoms with van der Waals surface area (Å²) >= 11 is 6.26. The number of ether oxygens (including phenoxy) is 2. The topological polar surface area (TPSA) is 64.6 Å². The molecule has 0 aromatic heterocycles. The maximum atomic E-state index is 13.0. The van der Waals surface area contributed by atoms with E-state index < -0.39 is 15.4 Å². The lowest BCUT2D eigenvalue weighted by molar-refractivity contribution is 0.0509. The largest absolute Gasteiger partial charge is 0.496 e. The van der Waals surface area contributed by atoms with E-state index in [0.29, 0.717) is 42.7 Å². The Morgan fingerprint density at radius 3 is 2.38 bits per heavy atom. The van der Waals surface area contributed by atoms with Crippen LogP contribution in [0.4, 0.5) is 0 Å². The van der Waals surface area contributed by atoms with Gasteiger partial charge in [-0.15, -0.1) is 0 Å². The summed E-state index contributed by atoms with van der Waals surface area (Å²) in [5.74, 6) is 1.05. The van der Waals surface area contributed by atoms with Gasteiger partial charge in [-0.25, -0.2) is 13.1 Å². The first kappa shape index (κ1) is 22.1. The molecule has 1 aliphatic rings. The first-order valence-electron chi connectivity index (χ1n) is 9.79. The number of hydrogen-bond donors (Lipinski definition) is 1. The fourth-order valence-corrected chi connectivity index (χ4v) is 5.05. The van der Waals surface area contributed by atoms with Gasteiger partial charge in [-0.2, -0.15) is 0 Å². The van der Waals surface area contributed by atoms with E-state index >= 15 is 0 Å². The molecule has 1 aliphatic heterocycles. The molecule has 0 amide bonds. The van der Waals surface area contributed by atoms with E-state index in [2.05, 4.69) is 18.6 Å². The molecule has 7 heteroatoms. The molecule has 0 aliphatic carbocycles. The van der Waals surface area contributed by atoms with E-state index in [1.807, 2.05) is 24.3 Å². The predicted molar refractivity (Wildman–Crippen MR) is 115 cm³/mol. The van der Waals surface area contributed by atoms with Gasteiger partial charge in [0.1, 0.15) is 5.75 Å². The molecule has 0 spiro atoms. The average molecular weight is 438 g/mol. The third-order valence-corrected chi connectivity index (χ3v) is 7.29. The van der Waals surface area contributed by atoms with Crippen molar-refractivity contribution < 1.29 is 17.9 Å². The van der Waals surface area contributed by atoms with Crippen molar-refractivity contribution >= 4 is 21.6 Å². The SMILES string of the molecule is COc1ccc(Cl)cc1C1(CNS(=O)(=O)c2ccc(C(C)C)cc2)CCOCC1. The number of nitrogens with one attached hydrogen (secondary N) is 1. The highest BCUT2D eigenvalue weighted by molar-refractivity contribution is 7.89. The molecule has 2 aromatic carbocycles. The second-order valence-corrected chi connectivity index (χ2v) is 9.99. The molecule has 0 bridgehead atoms. The Balaban J connectivity index is 1.89. The standard InChI is InChI=1S/C22H28ClNO4S/c1-16(2)17-4-7-19(8-5-17)29(25,26)24-15-22(10-12-28-13-11-22)20-14-18(23)6-9-21(20)27-3/h4-9,14,16,24H,10-13,15H2,1-3H3. The van der Waals surface area contributed by atoms with Crippen LogP contribution < -0.4 is 9.46 Å². The summed E-state index contributed by atoms with van der Waals surface area (Å²) in [5, 5.41) is 0.596. The fourth-order valence-electron chi connectivity index (χ4n) is 3.75. The number of sulfonamides is 1. The van der Waals surface area contributed by atoms with Crippen LogP contribution in [0.1, 0.15) is 43.7 Å². The first-order chi connectivity index (χ1) is 13.8. The molecule has 3 rings (SSSR count). The normalized spacial score (nSPS) is 16.7. The second-order valence-electron chi connectivity index (χ2n) is 7.79. The Morgan fingerprint density at radius 1 is 1.14 bits per heavy atom. The van der Waals surface area contributed by atoms with Gasteiger partial charge in [0.2, 0.25) is 10.0 Å². The Labute approximate surface area is 178 Å². The first-order valence-corrected chi connectivity index (χ1v) is 11.6. The summed E-state index contributed by atoms with van der Waals surface area (Å²) in [6.45, 7) is 5.52. The Hall–Kier alpha value is -1.60. The zero-order chi connectivity index (χ0) is 21.1. The molecule has 1 N–H and O–H groups in total. The molecule has 0 unspecified atom stereocenters. The van der Waals surface area contributed by atoms with Gasteiger partial charge in [0.05, 0.1) is 12.0 Å². The predicted octanol–water partition coefficient (Wildman–Crippen LogP) is 4.50. The quantitative estimate of drug-likeness (QED) is 0.692. The van der Waals surface area contributed by atoms with Crippen LogP contribution in [-0.4, -0.2) is 35.3 Å². The van der Waals surface area contributed by atoms with Crippen LogP contribution in [-0.2, 0) is 20.2 Å². The van der Waals surface area contributed by atoms with Gasteiger partial charge in [0.15, 0.2) is 0 Å². The lowest BCUT2D eigenvalue weighted by atomic mass is 9.74. The van der Waals surface area contributed by atoms with Gasteiger partial charge in [-0.05, 0) is 54.7 Å². The zero-order valence-corrected chi connectivity index (χ0v) is 18.6.